The van der Waals surface area contributed by atoms with E-state index >= 15 is 0 Å². The number of benzene rings is 2. The van der Waals surface area contributed by atoms with Gasteiger partial charge in [0.2, 0.25) is 0 Å². The van der Waals surface area contributed by atoms with Gasteiger partial charge in [-0.2, -0.15) is 0 Å². The quantitative estimate of drug-likeness (QED) is 0.464. The summed E-state index contributed by atoms with van der Waals surface area (Å²) in [4.78, 5) is 5.12. The fourth-order valence-corrected chi connectivity index (χ4v) is 9.74. The fraction of sp³-hybridized carbons (Fsp3) is 0.467. The predicted molar refractivity (Wildman–Crippen MR) is 141 cm³/mol. The number of halogens is 2. The Balaban J connectivity index is 0.00000216. The van der Waals surface area contributed by atoms with Crippen LogP contribution in [-0.2, 0) is 23.2 Å². The first-order valence-corrected chi connectivity index (χ1v) is 15.3. The standard InChI is InChI=1S/C25H35N2.C5H5.2ClH.Zr/c1-16(2)26(17(3)4)22-9-11-24-20(14-22)13-21-15-23(10-12-25(21)24)27(18(5)6)19(7)8;1-2-4-5-3-1;;;/h9-19H,1-8H3;1-3H,4H2;2*1H;/q;;;;+2/p-2. The van der Waals surface area contributed by atoms with Gasteiger partial charge in [-0.25, -0.2) is 0 Å². The van der Waals surface area contributed by atoms with Crippen molar-refractivity contribution in [3.63, 3.8) is 0 Å². The van der Waals surface area contributed by atoms with Crippen molar-refractivity contribution in [3.05, 3.63) is 69.0 Å². The SMILES string of the molecule is CC(C)N(c1ccc2c(c1)[CH]([Zr+2][C]1=CC=CC1)c1cc(N(C(C)C)C(C)C)ccc1-2)C(C)C.[Cl-].[Cl-]. The number of allylic oxidation sites excluding steroid dienone is 4. The van der Waals surface area contributed by atoms with Crippen LogP contribution >= 0.6 is 0 Å². The Morgan fingerprint density at radius 2 is 1.11 bits per heavy atom. The average Bonchev–Trinajstić information content (AvgIpc) is 3.34. The van der Waals surface area contributed by atoms with Crippen molar-refractivity contribution in [1.29, 1.82) is 0 Å². The Bertz CT molecular complexity index is 987. The van der Waals surface area contributed by atoms with E-state index < -0.39 is 23.2 Å². The molecule has 5 heteroatoms. The van der Waals surface area contributed by atoms with Gasteiger partial charge in [0.05, 0.1) is 0 Å². The van der Waals surface area contributed by atoms with Crippen LogP contribution in [0.15, 0.2) is 57.9 Å². The van der Waals surface area contributed by atoms with E-state index in [2.05, 4.69) is 120 Å². The van der Waals surface area contributed by atoms with Gasteiger partial charge in [0.25, 0.3) is 0 Å². The Kier molecular flexibility index (Phi) is 10.8. The summed E-state index contributed by atoms with van der Waals surface area (Å²) in [6, 6.07) is 16.6. The van der Waals surface area contributed by atoms with Crippen molar-refractivity contribution in [2.24, 2.45) is 0 Å². The van der Waals surface area contributed by atoms with Gasteiger partial charge < -0.3 is 24.8 Å². The minimum absolute atomic E-state index is 0. The zero-order valence-electron chi connectivity index (χ0n) is 22.4. The summed E-state index contributed by atoms with van der Waals surface area (Å²) < 4.78 is 2.30. The molecule has 2 aliphatic carbocycles. The molecule has 35 heavy (non-hydrogen) atoms. The van der Waals surface area contributed by atoms with Crippen molar-refractivity contribution < 1.29 is 48.0 Å². The molecule has 0 spiro atoms. The third-order valence-corrected chi connectivity index (χ3v) is 11.0. The number of hydrogen-bond acceptors (Lipinski definition) is 2. The maximum Gasteiger partial charge on any atom is -1.00 e. The molecule has 4 rings (SSSR count). The first-order valence-electron chi connectivity index (χ1n) is 12.7. The van der Waals surface area contributed by atoms with Gasteiger partial charge in [0.15, 0.2) is 0 Å². The van der Waals surface area contributed by atoms with Gasteiger partial charge in [-0.15, -0.1) is 0 Å². The smallest absolute Gasteiger partial charge is 1.00 e. The molecule has 0 fully saturated rings. The van der Waals surface area contributed by atoms with Crippen molar-refractivity contribution in [2.45, 2.75) is 89.6 Å². The van der Waals surface area contributed by atoms with E-state index in [1.165, 1.54) is 28.9 Å². The van der Waals surface area contributed by atoms with Crippen LogP contribution in [0.3, 0.4) is 0 Å². The third-order valence-electron chi connectivity index (χ3n) is 6.91. The number of rotatable bonds is 8. The van der Waals surface area contributed by atoms with Crippen LogP contribution in [0.25, 0.3) is 11.1 Å². The molecule has 188 valence electrons. The molecule has 0 aliphatic heterocycles. The molecule has 0 atom stereocenters. The van der Waals surface area contributed by atoms with E-state index in [4.69, 9.17) is 0 Å². The second kappa shape index (κ2) is 12.5. The van der Waals surface area contributed by atoms with Gasteiger partial charge in [-0.3, -0.25) is 0 Å². The molecule has 0 N–H and O–H groups in total. The molecular formula is C30H40Cl2N2Zr. The van der Waals surface area contributed by atoms with Crippen LogP contribution in [0.1, 0.15) is 76.6 Å². The first-order chi connectivity index (χ1) is 15.7. The summed E-state index contributed by atoms with van der Waals surface area (Å²) >= 11 is -0.798. The molecule has 2 aliphatic rings. The van der Waals surface area contributed by atoms with Crippen LogP contribution in [0.4, 0.5) is 11.4 Å². The van der Waals surface area contributed by atoms with Gasteiger partial charge in [0.1, 0.15) is 0 Å². The van der Waals surface area contributed by atoms with Crippen LogP contribution in [0.5, 0.6) is 0 Å². The molecule has 0 aromatic heterocycles. The minimum Gasteiger partial charge on any atom is -1.00 e. The molecule has 0 radical (unpaired) electrons. The Hall–Kier alpha value is -1.02. The van der Waals surface area contributed by atoms with Gasteiger partial charge in [-0.05, 0) is 0 Å². The summed E-state index contributed by atoms with van der Waals surface area (Å²) in [6.07, 6.45) is 8.16. The number of nitrogens with zero attached hydrogens (tertiary/aromatic N) is 2. The van der Waals surface area contributed by atoms with E-state index in [0.29, 0.717) is 27.8 Å². The van der Waals surface area contributed by atoms with Crippen molar-refractivity contribution in [2.75, 3.05) is 9.80 Å². The summed E-state index contributed by atoms with van der Waals surface area (Å²) in [5.74, 6) is 0. The third kappa shape index (κ3) is 6.11. The molecule has 0 heterocycles. The summed E-state index contributed by atoms with van der Waals surface area (Å²) in [7, 11) is 0. The summed E-state index contributed by atoms with van der Waals surface area (Å²) in [5, 5.41) is 0. The largest absolute Gasteiger partial charge is 1.00 e. The van der Waals surface area contributed by atoms with Crippen molar-refractivity contribution in [3.8, 4) is 11.1 Å². The molecule has 0 unspecified atom stereocenters. The number of anilines is 2. The van der Waals surface area contributed by atoms with Crippen molar-refractivity contribution in [1.82, 2.24) is 0 Å². The van der Waals surface area contributed by atoms with Crippen LogP contribution in [0, 0.1) is 0 Å². The summed E-state index contributed by atoms with van der Waals surface area (Å²) in [6.45, 7) is 18.5. The van der Waals surface area contributed by atoms with Crippen LogP contribution in [0.2, 0.25) is 0 Å². The Labute approximate surface area is 237 Å². The zero-order chi connectivity index (χ0) is 23.9. The zero-order valence-corrected chi connectivity index (χ0v) is 26.4. The van der Waals surface area contributed by atoms with E-state index in [9.17, 15) is 0 Å². The molecule has 0 amide bonds. The molecule has 0 bridgehead atoms. The maximum atomic E-state index is 2.56. The first kappa shape index (κ1) is 30.2. The second-order valence-corrected chi connectivity index (χ2v) is 14.3. The number of fused-ring (bicyclic) bond motifs is 3. The topological polar surface area (TPSA) is 6.48 Å². The van der Waals surface area contributed by atoms with E-state index in [1.54, 1.807) is 14.4 Å². The molecule has 0 saturated carbocycles. The average molecular weight is 591 g/mol. The maximum absolute atomic E-state index is 2.56. The van der Waals surface area contributed by atoms with Gasteiger partial charge >= 0.3 is 214 Å². The molecule has 2 aromatic carbocycles. The van der Waals surface area contributed by atoms with E-state index in [1.807, 2.05) is 0 Å². The Morgan fingerprint density at radius 1 is 0.686 bits per heavy atom. The van der Waals surface area contributed by atoms with Gasteiger partial charge in [0, 0.05) is 0 Å². The predicted octanol–water partition coefficient (Wildman–Crippen LogP) is 1.94. The molecule has 2 aromatic rings. The van der Waals surface area contributed by atoms with Crippen LogP contribution in [-0.4, -0.2) is 24.2 Å². The monoisotopic (exact) mass is 588 g/mol. The minimum atomic E-state index is -0.798. The van der Waals surface area contributed by atoms with Crippen molar-refractivity contribution >= 4 is 11.4 Å². The fourth-order valence-electron chi connectivity index (χ4n) is 5.84. The summed E-state index contributed by atoms with van der Waals surface area (Å²) in [5.41, 5.74) is 8.83. The molecule has 0 saturated heterocycles. The normalized spacial score (nSPS) is 14.0. The van der Waals surface area contributed by atoms with Crippen LogP contribution < -0.4 is 34.6 Å². The Morgan fingerprint density at radius 3 is 1.46 bits per heavy atom. The van der Waals surface area contributed by atoms with Gasteiger partial charge in [-0.1, -0.05) is 0 Å². The van der Waals surface area contributed by atoms with E-state index in [-0.39, 0.29) is 24.8 Å². The number of hydrogen-bond donors (Lipinski definition) is 0. The second-order valence-electron chi connectivity index (χ2n) is 10.6. The molecule has 2 nitrogen and oxygen atoms in total. The molecular weight excluding hydrogens is 550 g/mol. The van der Waals surface area contributed by atoms with E-state index in [0.717, 1.165) is 0 Å².